The first kappa shape index (κ1) is 24.6. The van der Waals surface area contributed by atoms with Crippen LogP contribution in [0.2, 0.25) is 5.02 Å². The van der Waals surface area contributed by atoms with Crippen LogP contribution in [0.5, 0.6) is 5.75 Å². The van der Waals surface area contributed by atoms with Crippen molar-refractivity contribution in [3.63, 3.8) is 0 Å². The van der Waals surface area contributed by atoms with Crippen molar-refractivity contribution in [1.29, 1.82) is 0 Å². The van der Waals surface area contributed by atoms with Crippen molar-refractivity contribution >= 4 is 50.3 Å². The molecule has 0 bridgehead atoms. The molecule has 0 aliphatic carbocycles. The molecule has 33 heavy (non-hydrogen) atoms. The number of benzene rings is 3. The van der Waals surface area contributed by atoms with Gasteiger partial charge in [0.25, 0.3) is 5.91 Å². The van der Waals surface area contributed by atoms with Gasteiger partial charge in [-0.15, -0.1) is 0 Å². The summed E-state index contributed by atoms with van der Waals surface area (Å²) in [5.74, 6) is -0.167. The number of hydrogen-bond acceptors (Lipinski definition) is 3. The summed E-state index contributed by atoms with van der Waals surface area (Å²) >= 11 is 9.22. The molecule has 170 valence electrons. The molecule has 0 aliphatic heterocycles. The highest BCUT2D eigenvalue weighted by atomic mass is 79.9. The predicted molar refractivity (Wildman–Crippen MR) is 135 cm³/mol. The highest BCUT2D eigenvalue weighted by molar-refractivity contribution is 9.10. The maximum Gasteiger partial charge on any atom is 0.335 e. The van der Waals surface area contributed by atoms with Gasteiger partial charge in [-0.3, -0.25) is 9.36 Å². The van der Waals surface area contributed by atoms with Crippen LogP contribution in [0.25, 0.3) is 10.9 Å². The highest BCUT2D eigenvalue weighted by Crippen LogP contribution is 2.25. The van der Waals surface area contributed by atoms with Crippen LogP contribution in [-0.4, -0.2) is 28.7 Å². The Bertz CT molecular complexity index is 1310. The van der Waals surface area contributed by atoms with Gasteiger partial charge in [0.05, 0.1) is 18.2 Å². The van der Waals surface area contributed by atoms with Gasteiger partial charge in [-0.2, -0.15) is 0 Å². The molecule has 1 heterocycles. The van der Waals surface area contributed by atoms with Gasteiger partial charge in [0.15, 0.2) is 0 Å². The van der Waals surface area contributed by atoms with Gasteiger partial charge >= 0.3 is 5.97 Å². The molecular weight excluding hydrogens is 506 g/mol. The van der Waals surface area contributed by atoms with E-state index in [2.05, 4.69) is 15.9 Å². The Morgan fingerprint density at radius 1 is 1.00 bits per heavy atom. The van der Waals surface area contributed by atoms with Crippen molar-refractivity contribution in [3.8, 4) is 5.75 Å². The van der Waals surface area contributed by atoms with E-state index in [1.807, 2.05) is 38.1 Å². The molecule has 3 aromatic carbocycles. The maximum atomic E-state index is 12.7. The van der Waals surface area contributed by atoms with E-state index in [1.165, 1.54) is 0 Å². The topological polar surface area (TPSA) is 68.5 Å². The SMILES string of the molecule is CCc1cc(C(=O)O)ccc1Br.COc1ccc2c(c1)cc(C)n2C(=O)c1ccc(Cl)cc1. The molecule has 0 amide bonds. The number of carboxylic acid groups (broad SMARTS) is 1. The third kappa shape index (κ3) is 5.64. The summed E-state index contributed by atoms with van der Waals surface area (Å²) in [5.41, 5.74) is 3.73. The summed E-state index contributed by atoms with van der Waals surface area (Å²) in [5, 5.41) is 10.3. The fourth-order valence-electron chi connectivity index (χ4n) is 3.43. The fourth-order valence-corrected chi connectivity index (χ4v) is 4.08. The normalized spacial score (nSPS) is 10.5. The van der Waals surface area contributed by atoms with Gasteiger partial charge in [0, 0.05) is 26.1 Å². The van der Waals surface area contributed by atoms with Gasteiger partial charge < -0.3 is 9.84 Å². The van der Waals surface area contributed by atoms with Gasteiger partial charge in [-0.05, 0) is 85.6 Å². The lowest BCUT2D eigenvalue weighted by molar-refractivity contribution is 0.0696. The standard InChI is InChI=1S/C17H14ClNO2.C9H9BrO2/c1-11-9-13-10-15(21-2)7-8-16(13)19(11)17(20)12-3-5-14(18)6-4-12;1-2-6-5-7(9(11)12)3-4-8(6)10/h3-10H,1-2H3;3-5H,2H2,1H3,(H,11,12). The van der Waals surface area contributed by atoms with Crippen LogP contribution in [0.1, 0.15) is 38.9 Å². The van der Waals surface area contributed by atoms with E-state index >= 15 is 0 Å². The van der Waals surface area contributed by atoms with Crippen molar-refractivity contribution < 1.29 is 19.4 Å². The molecule has 5 nitrogen and oxygen atoms in total. The predicted octanol–water partition coefficient (Wildman–Crippen LogP) is 7.01. The highest BCUT2D eigenvalue weighted by Gasteiger charge is 2.15. The number of hydrogen-bond donors (Lipinski definition) is 1. The monoisotopic (exact) mass is 527 g/mol. The summed E-state index contributed by atoms with van der Waals surface area (Å²) in [4.78, 5) is 23.3. The van der Waals surface area contributed by atoms with Crippen molar-refractivity contribution in [2.75, 3.05) is 7.11 Å². The van der Waals surface area contributed by atoms with Crippen LogP contribution in [-0.2, 0) is 6.42 Å². The Labute approximate surface area is 205 Å². The molecule has 0 radical (unpaired) electrons. The number of nitrogens with zero attached hydrogens (tertiary/aromatic N) is 1. The van der Waals surface area contributed by atoms with Crippen molar-refractivity contribution in [2.24, 2.45) is 0 Å². The summed E-state index contributed by atoms with van der Waals surface area (Å²) in [7, 11) is 1.63. The molecule has 0 spiro atoms. The molecule has 7 heteroatoms. The quantitative estimate of drug-likeness (QED) is 0.309. The lowest BCUT2D eigenvalue weighted by Crippen LogP contribution is -2.13. The first-order valence-electron chi connectivity index (χ1n) is 10.2. The van der Waals surface area contributed by atoms with Crippen molar-refractivity contribution in [3.05, 3.63) is 98.6 Å². The second kappa shape index (κ2) is 10.7. The number of carboxylic acids is 1. The Morgan fingerprint density at radius 3 is 2.27 bits per heavy atom. The number of aromatic nitrogens is 1. The molecule has 0 aliphatic rings. The molecule has 1 N–H and O–H groups in total. The Kier molecular flexibility index (Phi) is 7.95. The Morgan fingerprint density at radius 2 is 1.67 bits per heavy atom. The van der Waals surface area contributed by atoms with Crippen LogP contribution in [0.15, 0.2) is 71.2 Å². The maximum absolute atomic E-state index is 12.7. The lowest BCUT2D eigenvalue weighted by Gasteiger charge is -2.07. The number of fused-ring (bicyclic) bond motifs is 1. The zero-order valence-corrected chi connectivity index (χ0v) is 20.8. The zero-order valence-electron chi connectivity index (χ0n) is 18.4. The van der Waals surface area contributed by atoms with Crippen LogP contribution < -0.4 is 4.74 Å². The largest absolute Gasteiger partial charge is 0.497 e. The molecule has 0 saturated carbocycles. The number of halogens is 2. The smallest absolute Gasteiger partial charge is 0.335 e. The minimum atomic E-state index is -0.878. The number of ether oxygens (including phenoxy) is 1. The molecular formula is C26H23BrClNO4. The van der Waals surface area contributed by atoms with Crippen LogP contribution in [0, 0.1) is 6.92 Å². The van der Waals surface area contributed by atoms with Gasteiger partial charge in [0.2, 0.25) is 0 Å². The average Bonchev–Trinajstić information content (AvgIpc) is 3.14. The molecule has 0 saturated heterocycles. The van der Waals surface area contributed by atoms with E-state index in [4.69, 9.17) is 21.4 Å². The fraction of sp³-hybridized carbons (Fsp3) is 0.154. The van der Waals surface area contributed by atoms with Crippen molar-refractivity contribution in [1.82, 2.24) is 4.57 Å². The molecule has 0 unspecified atom stereocenters. The first-order chi connectivity index (χ1) is 15.7. The van der Waals surface area contributed by atoms with Gasteiger partial charge in [-0.1, -0.05) is 34.5 Å². The third-order valence-electron chi connectivity index (χ3n) is 5.16. The lowest BCUT2D eigenvalue weighted by atomic mass is 10.1. The summed E-state index contributed by atoms with van der Waals surface area (Å²) in [6.45, 7) is 3.91. The number of methoxy groups -OCH3 is 1. The van der Waals surface area contributed by atoms with Gasteiger partial charge in [0.1, 0.15) is 5.75 Å². The minimum Gasteiger partial charge on any atom is -0.497 e. The molecule has 4 rings (SSSR count). The Hall–Kier alpha value is -3.09. The molecule has 0 fully saturated rings. The van der Waals surface area contributed by atoms with Crippen LogP contribution in [0.4, 0.5) is 0 Å². The minimum absolute atomic E-state index is 0.0654. The zero-order chi connectivity index (χ0) is 24.1. The van der Waals surface area contributed by atoms with Crippen LogP contribution in [0.3, 0.4) is 0 Å². The van der Waals surface area contributed by atoms with Crippen LogP contribution >= 0.6 is 27.5 Å². The number of aryl methyl sites for hydroxylation is 2. The van der Waals surface area contributed by atoms with E-state index in [1.54, 1.807) is 54.1 Å². The van der Waals surface area contributed by atoms with E-state index in [0.29, 0.717) is 16.1 Å². The van der Waals surface area contributed by atoms with E-state index in [-0.39, 0.29) is 5.91 Å². The average molecular weight is 529 g/mol. The number of carbonyl (C=O) groups is 2. The van der Waals surface area contributed by atoms with Gasteiger partial charge in [-0.25, -0.2) is 4.79 Å². The Balaban J connectivity index is 0.000000218. The molecule has 0 atom stereocenters. The first-order valence-corrected chi connectivity index (χ1v) is 11.4. The van der Waals surface area contributed by atoms with E-state index in [0.717, 1.165) is 38.8 Å². The van der Waals surface area contributed by atoms with Crippen molar-refractivity contribution in [2.45, 2.75) is 20.3 Å². The second-order valence-electron chi connectivity index (χ2n) is 7.32. The second-order valence-corrected chi connectivity index (χ2v) is 8.61. The van der Waals surface area contributed by atoms with E-state index in [9.17, 15) is 9.59 Å². The number of carbonyl (C=O) groups excluding carboxylic acids is 1. The van der Waals surface area contributed by atoms with E-state index < -0.39 is 5.97 Å². The summed E-state index contributed by atoms with van der Waals surface area (Å²) in [6.07, 6.45) is 0.835. The number of aromatic carboxylic acids is 1. The third-order valence-corrected chi connectivity index (χ3v) is 6.19. The molecule has 1 aromatic heterocycles. The number of rotatable bonds is 4. The summed E-state index contributed by atoms with van der Waals surface area (Å²) < 4.78 is 7.89. The molecule has 4 aromatic rings. The summed E-state index contributed by atoms with van der Waals surface area (Å²) in [6, 6.07) is 19.6.